The Morgan fingerprint density at radius 2 is 1.11 bits per heavy atom. The van der Waals surface area contributed by atoms with Gasteiger partial charge in [0.15, 0.2) is 0 Å². The Bertz CT molecular complexity index is 328. The summed E-state index contributed by atoms with van der Waals surface area (Å²) >= 11 is -1.10. The number of carbonyl (C=O) groups is 4. The fraction of sp³-hybridized carbons (Fsp3) is 0.714. The van der Waals surface area contributed by atoms with Gasteiger partial charge in [-0.1, -0.05) is 0 Å². The van der Waals surface area contributed by atoms with Crippen molar-refractivity contribution in [1.29, 1.82) is 0 Å². The molecule has 0 rings (SSSR count). The number of carbonyl (C=O) groups excluding carboxylic acids is 4. The Labute approximate surface area is 123 Å². The third-order valence-electron chi connectivity index (χ3n) is 2.39. The second-order valence-electron chi connectivity index (χ2n) is 4.41. The molecular weight excluding hydrogens is 427 g/mol. The van der Waals surface area contributed by atoms with Gasteiger partial charge in [0.2, 0.25) is 0 Å². The summed E-state index contributed by atoms with van der Waals surface area (Å²) in [6.07, 6.45) is 2.05. The van der Waals surface area contributed by atoms with Gasteiger partial charge in [-0.2, -0.15) is 0 Å². The van der Waals surface area contributed by atoms with Gasteiger partial charge in [0.05, 0.1) is 0 Å². The van der Waals surface area contributed by atoms with E-state index in [-0.39, 0.29) is 23.1 Å². The molecule has 2 unspecified atom stereocenters. The molecule has 0 saturated carbocycles. The van der Waals surface area contributed by atoms with Crippen LogP contribution in [0.5, 0.6) is 0 Å². The van der Waals surface area contributed by atoms with Crippen LogP contribution >= 0.6 is 0 Å². The first kappa shape index (κ1) is 18.4. The summed E-state index contributed by atoms with van der Waals surface area (Å²) in [6, 6.07) is 0. The second-order valence-corrected chi connectivity index (χ2v) is 7.79. The minimum atomic E-state index is -1.10. The van der Waals surface area contributed by atoms with E-state index in [2.05, 4.69) is 0 Å². The van der Waals surface area contributed by atoms with Crippen molar-refractivity contribution in [3.8, 4) is 0 Å². The van der Waals surface area contributed by atoms with Crippen molar-refractivity contribution >= 4 is 23.1 Å². The van der Waals surface area contributed by atoms with E-state index < -0.39 is 27.2 Å². The van der Waals surface area contributed by atoms with E-state index in [1.54, 1.807) is 0 Å². The molecule has 0 saturated heterocycles. The molecule has 112 valence electrons. The molecule has 4 nitrogen and oxygen atoms in total. The van der Waals surface area contributed by atoms with Crippen LogP contribution in [-0.4, -0.2) is 23.1 Å². The molecule has 0 spiro atoms. The van der Waals surface area contributed by atoms with Gasteiger partial charge in [-0.15, -0.1) is 0 Å². The maximum absolute atomic E-state index is 11.9. The standard InChI is InChI=1S/2C7H11O2.Pt/c2*1-3-4-7(9)5-6(2)8;/h2*5H,3-4H2,1-2H3;. The first-order valence-electron chi connectivity index (χ1n) is 6.46. The van der Waals surface area contributed by atoms with Gasteiger partial charge in [-0.05, 0) is 0 Å². The number of hydrogen-bond donors (Lipinski definition) is 0. The number of ketones is 4. The Kier molecular flexibility index (Phi) is 8.99. The SMILES string of the molecule is CCCC(=O)[CH]([Pt][CH](C(C)=O)C(=O)CCC)C(C)=O. The van der Waals surface area contributed by atoms with E-state index in [0.717, 1.165) is 0 Å². The van der Waals surface area contributed by atoms with Gasteiger partial charge in [0, 0.05) is 0 Å². The average molecular weight is 449 g/mol. The fourth-order valence-corrected chi connectivity index (χ4v) is 4.88. The number of rotatable bonds is 10. The first-order valence-corrected chi connectivity index (χ1v) is 9.08. The Balaban J connectivity index is 4.95. The third kappa shape index (κ3) is 6.37. The van der Waals surface area contributed by atoms with Crippen molar-refractivity contribution < 1.29 is 37.7 Å². The third-order valence-corrected chi connectivity index (χ3v) is 7.22. The van der Waals surface area contributed by atoms with Crippen LogP contribution in [-0.2, 0) is 37.7 Å². The van der Waals surface area contributed by atoms with Crippen molar-refractivity contribution in [2.75, 3.05) is 0 Å². The van der Waals surface area contributed by atoms with E-state index in [9.17, 15) is 19.2 Å². The molecule has 0 fully saturated rings. The van der Waals surface area contributed by atoms with Gasteiger partial charge in [0.25, 0.3) is 0 Å². The molecule has 0 heterocycles. The summed E-state index contributed by atoms with van der Waals surface area (Å²) in [7, 11) is 0. The van der Waals surface area contributed by atoms with Crippen molar-refractivity contribution in [3.05, 3.63) is 0 Å². The molecule has 0 amide bonds. The van der Waals surface area contributed by atoms with Crippen molar-refractivity contribution in [1.82, 2.24) is 0 Å². The van der Waals surface area contributed by atoms with Gasteiger partial charge in [-0.3, -0.25) is 0 Å². The molecule has 2 atom stereocenters. The zero-order valence-corrected chi connectivity index (χ0v) is 14.2. The number of hydrogen-bond acceptors (Lipinski definition) is 4. The Hall–Kier alpha value is -0.632. The molecular formula is C14H22O4Pt. The van der Waals surface area contributed by atoms with Crippen LogP contribution in [0.4, 0.5) is 0 Å². The first-order chi connectivity index (χ1) is 8.84. The molecule has 19 heavy (non-hydrogen) atoms. The fourth-order valence-electron chi connectivity index (χ4n) is 1.55. The monoisotopic (exact) mass is 449 g/mol. The van der Waals surface area contributed by atoms with Gasteiger partial charge in [-0.25, -0.2) is 0 Å². The summed E-state index contributed by atoms with van der Waals surface area (Å²) in [6.45, 7) is 6.50. The Morgan fingerprint density at radius 1 is 0.789 bits per heavy atom. The molecule has 5 heteroatoms. The summed E-state index contributed by atoms with van der Waals surface area (Å²) in [5.41, 5.74) is 0. The topological polar surface area (TPSA) is 68.3 Å². The normalized spacial score (nSPS) is 13.9. The van der Waals surface area contributed by atoms with Crippen molar-refractivity contribution in [2.24, 2.45) is 0 Å². The van der Waals surface area contributed by atoms with Crippen LogP contribution in [0.2, 0.25) is 8.62 Å². The van der Waals surface area contributed by atoms with Crippen LogP contribution in [0.15, 0.2) is 0 Å². The Morgan fingerprint density at radius 3 is 1.32 bits per heavy atom. The molecule has 0 aromatic heterocycles. The zero-order valence-electron chi connectivity index (χ0n) is 11.9. The van der Waals surface area contributed by atoms with E-state index in [1.165, 1.54) is 13.8 Å². The summed E-state index contributed by atoms with van der Waals surface area (Å²) in [5, 5.41) is 0. The molecule has 0 aromatic rings. The van der Waals surface area contributed by atoms with E-state index >= 15 is 0 Å². The van der Waals surface area contributed by atoms with E-state index in [0.29, 0.717) is 25.7 Å². The molecule has 0 aromatic carbocycles. The number of Topliss-reactive ketones (excluding diaryl/α,β-unsaturated/α-hetero) is 4. The van der Waals surface area contributed by atoms with Crippen LogP contribution in [0, 0.1) is 0 Å². The molecule has 0 aliphatic heterocycles. The summed E-state index contributed by atoms with van der Waals surface area (Å²) in [5.74, 6) is -0.637. The molecule has 0 N–H and O–H groups in total. The molecule has 0 radical (unpaired) electrons. The van der Waals surface area contributed by atoms with Gasteiger partial charge < -0.3 is 0 Å². The van der Waals surface area contributed by atoms with Crippen molar-refractivity contribution in [3.63, 3.8) is 0 Å². The van der Waals surface area contributed by atoms with Gasteiger partial charge >= 0.3 is 123 Å². The zero-order chi connectivity index (χ0) is 15.0. The van der Waals surface area contributed by atoms with Crippen LogP contribution < -0.4 is 0 Å². The summed E-state index contributed by atoms with van der Waals surface area (Å²) < 4.78 is -1.40. The minimum absolute atomic E-state index is 0.112. The van der Waals surface area contributed by atoms with Crippen LogP contribution in [0.25, 0.3) is 0 Å². The maximum atomic E-state index is 11.9. The quantitative estimate of drug-likeness (QED) is 0.481. The molecule has 0 aliphatic carbocycles. The van der Waals surface area contributed by atoms with E-state index in [4.69, 9.17) is 0 Å². The summed E-state index contributed by atoms with van der Waals surface area (Å²) in [4.78, 5) is 47.0. The van der Waals surface area contributed by atoms with Crippen LogP contribution in [0.3, 0.4) is 0 Å². The average Bonchev–Trinajstić information content (AvgIpc) is 2.29. The predicted octanol–water partition coefficient (Wildman–Crippen LogP) is 2.56. The molecule has 0 bridgehead atoms. The van der Waals surface area contributed by atoms with Crippen LogP contribution in [0.1, 0.15) is 53.4 Å². The second kappa shape index (κ2) is 9.30. The predicted molar refractivity (Wildman–Crippen MR) is 68.7 cm³/mol. The van der Waals surface area contributed by atoms with E-state index in [1.807, 2.05) is 13.8 Å². The molecule has 0 aliphatic rings. The van der Waals surface area contributed by atoms with Gasteiger partial charge in [0.1, 0.15) is 0 Å². The van der Waals surface area contributed by atoms with Crippen molar-refractivity contribution in [2.45, 2.75) is 62.0 Å².